The van der Waals surface area contributed by atoms with Crippen LogP contribution in [0.2, 0.25) is 5.02 Å². The van der Waals surface area contributed by atoms with Crippen LogP contribution < -0.4 is 11.3 Å². The molecule has 0 unspecified atom stereocenters. The number of nitrogens with one attached hydrogen (secondary N) is 1. The summed E-state index contributed by atoms with van der Waals surface area (Å²) in [6.07, 6.45) is 3.00. The Morgan fingerprint density at radius 2 is 2.00 bits per heavy atom. The highest BCUT2D eigenvalue weighted by molar-refractivity contribution is 6.30. The standard InChI is InChI=1S/C9H9ClN2O/c10-8-4-1-7(2-5-8)3-6-9(13)12-11/h1-6H,11H2,(H,12,13). The van der Waals surface area contributed by atoms with E-state index in [0.717, 1.165) is 5.56 Å². The molecule has 0 aliphatic carbocycles. The zero-order chi connectivity index (χ0) is 9.68. The molecule has 0 fully saturated rings. The molecule has 1 aromatic carbocycles. The molecule has 3 N–H and O–H groups in total. The number of hydrogen-bond acceptors (Lipinski definition) is 2. The average Bonchev–Trinajstić information content (AvgIpc) is 2.16. The summed E-state index contributed by atoms with van der Waals surface area (Å²) < 4.78 is 0. The van der Waals surface area contributed by atoms with Crippen LogP contribution in [0.3, 0.4) is 0 Å². The van der Waals surface area contributed by atoms with Crippen molar-refractivity contribution in [2.75, 3.05) is 0 Å². The molecule has 0 saturated carbocycles. The molecular weight excluding hydrogens is 188 g/mol. The summed E-state index contributed by atoms with van der Waals surface area (Å²) in [6.45, 7) is 0. The van der Waals surface area contributed by atoms with Crippen molar-refractivity contribution in [2.24, 2.45) is 5.84 Å². The predicted octanol–water partition coefficient (Wildman–Crippen LogP) is 1.34. The minimum atomic E-state index is -0.338. The van der Waals surface area contributed by atoms with Crippen LogP contribution in [0.1, 0.15) is 5.56 Å². The average molecular weight is 197 g/mol. The van der Waals surface area contributed by atoms with Gasteiger partial charge in [0.1, 0.15) is 0 Å². The van der Waals surface area contributed by atoms with Gasteiger partial charge in [0, 0.05) is 11.1 Å². The molecule has 0 heterocycles. The van der Waals surface area contributed by atoms with Gasteiger partial charge in [-0.15, -0.1) is 0 Å². The number of carbonyl (C=O) groups is 1. The van der Waals surface area contributed by atoms with Crippen molar-refractivity contribution in [3.8, 4) is 0 Å². The third-order valence-electron chi connectivity index (χ3n) is 1.44. The summed E-state index contributed by atoms with van der Waals surface area (Å²) in [5.74, 6) is 4.55. The Morgan fingerprint density at radius 1 is 1.38 bits per heavy atom. The van der Waals surface area contributed by atoms with Gasteiger partial charge in [0.15, 0.2) is 0 Å². The van der Waals surface area contributed by atoms with Crippen LogP contribution in [-0.2, 0) is 4.79 Å². The number of amides is 1. The molecule has 0 aromatic heterocycles. The van der Waals surface area contributed by atoms with Crippen molar-refractivity contribution in [3.63, 3.8) is 0 Å². The molecule has 0 aliphatic heterocycles. The lowest BCUT2D eigenvalue weighted by Crippen LogP contribution is -2.27. The molecule has 3 nitrogen and oxygen atoms in total. The number of hydrogen-bond donors (Lipinski definition) is 2. The molecule has 68 valence electrons. The maximum atomic E-state index is 10.7. The summed E-state index contributed by atoms with van der Waals surface area (Å²) >= 11 is 5.68. The van der Waals surface area contributed by atoms with Gasteiger partial charge in [-0.3, -0.25) is 10.2 Å². The normalized spacial score (nSPS) is 10.3. The molecule has 0 saturated heterocycles. The van der Waals surface area contributed by atoms with Crippen LogP contribution in [0.15, 0.2) is 30.3 Å². The second-order valence-electron chi connectivity index (χ2n) is 2.39. The van der Waals surface area contributed by atoms with E-state index in [-0.39, 0.29) is 5.91 Å². The molecule has 0 bridgehead atoms. The van der Waals surface area contributed by atoms with Crippen LogP contribution in [0.4, 0.5) is 0 Å². The highest BCUT2D eigenvalue weighted by Gasteiger charge is 1.90. The first-order valence-electron chi connectivity index (χ1n) is 3.66. The Labute approximate surface area is 81.2 Å². The lowest BCUT2D eigenvalue weighted by atomic mass is 10.2. The molecule has 0 atom stereocenters. The van der Waals surface area contributed by atoms with E-state index in [0.29, 0.717) is 5.02 Å². The van der Waals surface area contributed by atoms with Crippen LogP contribution in [-0.4, -0.2) is 5.91 Å². The first-order chi connectivity index (χ1) is 6.22. The van der Waals surface area contributed by atoms with E-state index in [1.54, 1.807) is 18.2 Å². The van der Waals surface area contributed by atoms with Gasteiger partial charge in [-0.1, -0.05) is 23.7 Å². The lowest BCUT2D eigenvalue weighted by Gasteiger charge is -1.93. The molecule has 1 rings (SSSR count). The molecule has 13 heavy (non-hydrogen) atoms. The molecular formula is C9H9ClN2O. The van der Waals surface area contributed by atoms with E-state index in [1.165, 1.54) is 6.08 Å². The van der Waals surface area contributed by atoms with Crippen molar-refractivity contribution >= 4 is 23.6 Å². The minimum Gasteiger partial charge on any atom is -0.291 e. The first kappa shape index (κ1) is 9.77. The first-order valence-corrected chi connectivity index (χ1v) is 4.04. The van der Waals surface area contributed by atoms with Gasteiger partial charge in [0.25, 0.3) is 5.91 Å². The van der Waals surface area contributed by atoms with Crippen LogP contribution in [0.25, 0.3) is 6.08 Å². The lowest BCUT2D eigenvalue weighted by molar-refractivity contribution is -0.116. The second kappa shape index (κ2) is 4.64. The highest BCUT2D eigenvalue weighted by Crippen LogP contribution is 2.10. The third-order valence-corrected chi connectivity index (χ3v) is 1.69. The highest BCUT2D eigenvalue weighted by atomic mass is 35.5. The summed E-state index contributed by atoms with van der Waals surface area (Å²) in [5, 5.41) is 0.667. The number of nitrogens with two attached hydrogens (primary N) is 1. The van der Waals surface area contributed by atoms with E-state index in [2.05, 4.69) is 0 Å². The van der Waals surface area contributed by atoms with Crippen molar-refractivity contribution < 1.29 is 4.79 Å². The Balaban J connectivity index is 2.69. The molecule has 4 heteroatoms. The largest absolute Gasteiger partial charge is 0.291 e. The molecule has 0 aliphatic rings. The van der Waals surface area contributed by atoms with Crippen LogP contribution >= 0.6 is 11.6 Å². The van der Waals surface area contributed by atoms with Gasteiger partial charge >= 0.3 is 0 Å². The monoisotopic (exact) mass is 196 g/mol. The summed E-state index contributed by atoms with van der Waals surface area (Å²) in [6, 6.07) is 7.12. The van der Waals surface area contributed by atoms with Crippen molar-refractivity contribution in [1.29, 1.82) is 0 Å². The fourth-order valence-electron chi connectivity index (χ4n) is 0.794. The number of rotatable bonds is 2. The molecule has 0 radical (unpaired) electrons. The van der Waals surface area contributed by atoms with E-state index in [1.807, 2.05) is 17.6 Å². The Kier molecular flexibility index (Phi) is 3.49. The summed E-state index contributed by atoms with van der Waals surface area (Å²) in [5.41, 5.74) is 2.89. The van der Waals surface area contributed by atoms with Crippen LogP contribution in [0, 0.1) is 0 Å². The van der Waals surface area contributed by atoms with E-state index >= 15 is 0 Å². The van der Waals surface area contributed by atoms with E-state index < -0.39 is 0 Å². The van der Waals surface area contributed by atoms with Gasteiger partial charge in [0.05, 0.1) is 0 Å². The van der Waals surface area contributed by atoms with Crippen molar-refractivity contribution in [3.05, 3.63) is 40.9 Å². The SMILES string of the molecule is NNC(=O)C=Cc1ccc(Cl)cc1. The molecule has 1 aromatic rings. The van der Waals surface area contributed by atoms with Gasteiger partial charge < -0.3 is 0 Å². The Hall–Kier alpha value is -1.32. The number of halogens is 1. The topological polar surface area (TPSA) is 55.1 Å². The second-order valence-corrected chi connectivity index (χ2v) is 2.83. The molecule has 1 amide bonds. The fourth-order valence-corrected chi connectivity index (χ4v) is 0.920. The number of benzene rings is 1. The summed E-state index contributed by atoms with van der Waals surface area (Å²) in [4.78, 5) is 10.7. The zero-order valence-corrected chi connectivity index (χ0v) is 7.58. The van der Waals surface area contributed by atoms with Gasteiger partial charge in [-0.05, 0) is 23.8 Å². The van der Waals surface area contributed by atoms with Gasteiger partial charge in [-0.2, -0.15) is 0 Å². The maximum absolute atomic E-state index is 10.7. The Bertz CT molecular complexity index is 319. The van der Waals surface area contributed by atoms with Crippen molar-refractivity contribution in [2.45, 2.75) is 0 Å². The van der Waals surface area contributed by atoms with E-state index in [9.17, 15) is 4.79 Å². The maximum Gasteiger partial charge on any atom is 0.257 e. The minimum absolute atomic E-state index is 0.338. The van der Waals surface area contributed by atoms with Gasteiger partial charge in [0.2, 0.25) is 0 Å². The van der Waals surface area contributed by atoms with E-state index in [4.69, 9.17) is 17.4 Å². The molecule has 0 spiro atoms. The van der Waals surface area contributed by atoms with Crippen molar-refractivity contribution in [1.82, 2.24) is 5.43 Å². The summed E-state index contributed by atoms with van der Waals surface area (Å²) in [7, 11) is 0. The van der Waals surface area contributed by atoms with Gasteiger partial charge in [-0.25, -0.2) is 5.84 Å². The van der Waals surface area contributed by atoms with Crippen LogP contribution in [0.5, 0.6) is 0 Å². The smallest absolute Gasteiger partial charge is 0.257 e. The quantitative estimate of drug-likeness (QED) is 0.325. The fraction of sp³-hybridized carbons (Fsp3) is 0. The Morgan fingerprint density at radius 3 is 2.54 bits per heavy atom. The zero-order valence-electron chi connectivity index (χ0n) is 6.83. The predicted molar refractivity (Wildman–Crippen MR) is 52.8 cm³/mol. The number of hydrazine groups is 1. The third kappa shape index (κ3) is 3.27. The number of carbonyl (C=O) groups excluding carboxylic acids is 1.